The molecule has 8 heteroatoms. The fraction of sp³-hybridized carbons (Fsp3) is 0.400. The van der Waals surface area contributed by atoms with E-state index in [9.17, 15) is 5.11 Å². The zero-order valence-corrected chi connectivity index (χ0v) is 15.7. The molecule has 0 saturated carbocycles. The van der Waals surface area contributed by atoms with Crippen LogP contribution in [-0.2, 0) is 0 Å². The monoisotopic (exact) mass is 377 g/mol. The fourth-order valence-electron chi connectivity index (χ4n) is 4.40. The van der Waals surface area contributed by atoms with Crippen molar-refractivity contribution in [1.29, 1.82) is 0 Å². The highest BCUT2D eigenvalue weighted by molar-refractivity contribution is 5.68. The first-order valence-electron chi connectivity index (χ1n) is 9.70. The summed E-state index contributed by atoms with van der Waals surface area (Å²) >= 11 is 0. The van der Waals surface area contributed by atoms with Gasteiger partial charge in [0.05, 0.1) is 23.8 Å². The van der Waals surface area contributed by atoms with Crippen molar-refractivity contribution in [2.75, 3.05) is 11.9 Å². The topological polar surface area (TPSA) is 92.0 Å². The van der Waals surface area contributed by atoms with Crippen LogP contribution in [-0.4, -0.2) is 55.5 Å². The molecule has 2 aliphatic rings. The minimum atomic E-state index is 0.125. The summed E-state index contributed by atoms with van der Waals surface area (Å²) in [5.74, 6) is 0.993. The van der Waals surface area contributed by atoms with Gasteiger partial charge in [-0.05, 0) is 49.9 Å². The molecule has 5 rings (SSSR count). The maximum absolute atomic E-state index is 10.4. The van der Waals surface area contributed by atoms with E-state index in [0.29, 0.717) is 35.1 Å². The van der Waals surface area contributed by atoms with Crippen LogP contribution < -0.4 is 10.2 Å². The summed E-state index contributed by atoms with van der Waals surface area (Å²) in [6, 6.07) is 10.9. The maximum Gasteiger partial charge on any atom is 0.151 e. The third kappa shape index (κ3) is 3.09. The third-order valence-corrected chi connectivity index (χ3v) is 5.91. The van der Waals surface area contributed by atoms with Crippen LogP contribution in [0.25, 0.3) is 16.9 Å². The van der Waals surface area contributed by atoms with Crippen molar-refractivity contribution >= 4 is 5.82 Å². The molecule has 1 aromatic carbocycles. The molecule has 28 heavy (non-hydrogen) atoms. The fourth-order valence-corrected chi connectivity index (χ4v) is 4.40. The quantitative estimate of drug-likeness (QED) is 0.720. The normalized spacial score (nSPS) is 23.7. The molecule has 2 fully saturated rings. The summed E-state index contributed by atoms with van der Waals surface area (Å²) in [5.41, 5.74) is 1.97. The molecule has 0 amide bonds. The Labute approximate surface area is 163 Å². The summed E-state index contributed by atoms with van der Waals surface area (Å²) in [7, 11) is 2.10. The molecule has 0 radical (unpaired) electrons. The van der Waals surface area contributed by atoms with Gasteiger partial charge in [0.25, 0.3) is 0 Å². The number of phenolic OH excluding ortho intramolecular Hbond substituents is 1. The van der Waals surface area contributed by atoms with Crippen molar-refractivity contribution in [2.45, 2.75) is 43.8 Å². The van der Waals surface area contributed by atoms with Crippen molar-refractivity contribution in [3.8, 4) is 22.7 Å². The number of anilines is 1. The van der Waals surface area contributed by atoms with Gasteiger partial charge < -0.3 is 15.3 Å². The largest absolute Gasteiger partial charge is 0.507 e. The zero-order valence-electron chi connectivity index (χ0n) is 15.7. The number of nitrogens with one attached hydrogen (secondary N) is 1. The predicted octanol–water partition coefficient (Wildman–Crippen LogP) is 2.15. The molecule has 3 atom stereocenters. The number of phenols is 1. The second-order valence-electron chi connectivity index (χ2n) is 7.67. The molecule has 0 spiro atoms. The molecule has 4 heterocycles. The average Bonchev–Trinajstić information content (AvgIpc) is 3.37. The molecule has 2 saturated heterocycles. The van der Waals surface area contributed by atoms with Crippen molar-refractivity contribution in [2.24, 2.45) is 0 Å². The lowest BCUT2D eigenvalue weighted by molar-refractivity contribution is 0.353. The van der Waals surface area contributed by atoms with Gasteiger partial charge in [0.15, 0.2) is 5.82 Å². The number of hydrogen-bond acceptors (Lipinski definition) is 7. The number of aromatic nitrogens is 5. The Bertz CT molecular complexity index is 945. The van der Waals surface area contributed by atoms with E-state index in [1.165, 1.54) is 17.6 Å². The third-order valence-electron chi connectivity index (χ3n) is 5.91. The Morgan fingerprint density at radius 1 is 1.04 bits per heavy atom. The first-order chi connectivity index (χ1) is 13.7. The van der Waals surface area contributed by atoms with E-state index >= 15 is 0 Å². The van der Waals surface area contributed by atoms with Crippen LogP contribution in [0.5, 0.6) is 5.75 Å². The van der Waals surface area contributed by atoms with Gasteiger partial charge in [-0.25, -0.2) is 0 Å². The zero-order chi connectivity index (χ0) is 19.1. The average molecular weight is 377 g/mol. The van der Waals surface area contributed by atoms with Gasteiger partial charge in [-0.3, -0.25) is 0 Å². The molecular formula is C20H23N7O. The van der Waals surface area contributed by atoms with E-state index in [1.807, 2.05) is 24.3 Å². The highest BCUT2D eigenvalue weighted by Gasteiger charge is 2.35. The van der Waals surface area contributed by atoms with Gasteiger partial charge in [-0.1, -0.05) is 0 Å². The molecule has 2 aromatic heterocycles. The van der Waals surface area contributed by atoms with Crippen LogP contribution in [0.1, 0.15) is 25.7 Å². The number of benzene rings is 1. The van der Waals surface area contributed by atoms with Gasteiger partial charge in [0.1, 0.15) is 5.75 Å². The highest BCUT2D eigenvalue weighted by Crippen LogP contribution is 2.32. The minimum Gasteiger partial charge on any atom is -0.507 e. The van der Waals surface area contributed by atoms with E-state index in [4.69, 9.17) is 0 Å². The molecule has 3 aromatic rings. The van der Waals surface area contributed by atoms with E-state index in [-0.39, 0.29) is 5.75 Å². The molecule has 0 aliphatic carbocycles. The SMILES string of the molecule is CN(c1ccc(-c2ccc(-n3nccn3)cc2O)nn1)[C@@H]1C[C@H]2CC[C@@H](C1)N2. The Morgan fingerprint density at radius 3 is 2.43 bits per heavy atom. The number of aromatic hydroxyl groups is 1. The summed E-state index contributed by atoms with van der Waals surface area (Å²) in [6.45, 7) is 0. The Morgan fingerprint density at radius 2 is 1.79 bits per heavy atom. The molecule has 2 bridgehead atoms. The molecule has 2 aliphatic heterocycles. The first kappa shape index (κ1) is 17.1. The number of rotatable bonds is 4. The van der Waals surface area contributed by atoms with Crippen molar-refractivity contribution in [3.05, 3.63) is 42.7 Å². The Balaban J connectivity index is 1.35. The lowest BCUT2D eigenvalue weighted by Gasteiger charge is -2.36. The summed E-state index contributed by atoms with van der Waals surface area (Å²) in [5, 5.41) is 31.1. The van der Waals surface area contributed by atoms with Gasteiger partial charge in [-0.15, -0.1) is 10.2 Å². The summed E-state index contributed by atoms with van der Waals surface area (Å²) < 4.78 is 0. The molecule has 2 N–H and O–H groups in total. The number of fused-ring (bicyclic) bond motifs is 2. The Kier molecular flexibility index (Phi) is 4.20. The van der Waals surface area contributed by atoms with Gasteiger partial charge in [-0.2, -0.15) is 15.0 Å². The van der Waals surface area contributed by atoms with E-state index in [1.54, 1.807) is 18.5 Å². The van der Waals surface area contributed by atoms with E-state index in [0.717, 1.165) is 18.7 Å². The molecule has 8 nitrogen and oxygen atoms in total. The van der Waals surface area contributed by atoms with E-state index in [2.05, 4.69) is 37.7 Å². The van der Waals surface area contributed by atoms with E-state index < -0.39 is 0 Å². The smallest absolute Gasteiger partial charge is 0.151 e. The van der Waals surface area contributed by atoms with Crippen LogP contribution in [0.4, 0.5) is 5.82 Å². The van der Waals surface area contributed by atoms with Crippen LogP contribution in [0.15, 0.2) is 42.7 Å². The van der Waals surface area contributed by atoms with Crippen molar-refractivity contribution in [3.63, 3.8) is 0 Å². The molecule has 0 unspecified atom stereocenters. The maximum atomic E-state index is 10.4. The molecule has 144 valence electrons. The highest BCUT2D eigenvalue weighted by atomic mass is 16.3. The second kappa shape index (κ2) is 6.87. The van der Waals surface area contributed by atoms with Crippen molar-refractivity contribution in [1.82, 2.24) is 30.5 Å². The standard InChI is InChI=1S/C20H23N7O/c1-26(16-10-13-2-3-14(11-16)23-13)20-7-6-18(24-25-20)17-5-4-15(12-19(17)28)27-21-8-9-22-27/h4-9,12-14,16,23,28H,2-3,10-11H2,1H3/t13-,14+,16-. The predicted molar refractivity (Wildman–Crippen MR) is 105 cm³/mol. The number of nitrogens with zero attached hydrogens (tertiary/aromatic N) is 6. The van der Waals surface area contributed by atoms with Crippen LogP contribution in [0.2, 0.25) is 0 Å². The van der Waals surface area contributed by atoms with Gasteiger partial charge in [0, 0.05) is 36.8 Å². The Hall–Kier alpha value is -3.00. The summed E-state index contributed by atoms with van der Waals surface area (Å²) in [6.07, 6.45) is 8.06. The minimum absolute atomic E-state index is 0.125. The lowest BCUT2D eigenvalue weighted by Crippen LogP contribution is -2.47. The van der Waals surface area contributed by atoms with Crippen LogP contribution >= 0.6 is 0 Å². The first-order valence-corrected chi connectivity index (χ1v) is 9.70. The van der Waals surface area contributed by atoms with Gasteiger partial charge >= 0.3 is 0 Å². The van der Waals surface area contributed by atoms with Gasteiger partial charge in [0.2, 0.25) is 0 Å². The van der Waals surface area contributed by atoms with Crippen molar-refractivity contribution < 1.29 is 5.11 Å². The number of hydrogen-bond donors (Lipinski definition) is 2. The van der Waals surface area contributed by atoms with Crippen LogP contribution in [0.3, 0.4) is 0 Å². The number of piperidine rings is 1. The molecular weight excluding hydrogens is 354 g/mol. The second-order valence-corrected chi connectivity index (χ2v) is 7.67. The summed E-state index contributed by atoms with van der Waals surface area (Å²) in [4.78, 5) is 3.70. The lowest BCUT2D eigenvalue weighted by atomic mass is 9.98. The van der Waals surface area contributed by atoms with Crippen LogP contribution in [0, 0.1) is 0 Å².